The highest BCUT2D eigenvalue weighted by atomic mass is 32.2. The van der Waals surface area contributed by atoms with Gasteiger partial charge in [-0.2, -0.15) is 5.10 Å². The molecule has 1 aromatic carbocycles. The molecule has 0 saturated heterocycles. The SMILES string of the molecule is CS(=O)(=O)Nc1cccc(-c2cc(N)n[nH]2)c1. The highest BCUT2D eigenvalue weighted by Gasteiger charge is 2.05. The lowest BCUT2D eigenvalue weighted by atomic mass is 10.1. The first kappa shape index (κ1) is 11.5. The summed E-state index contributed by atoms with van der Waals surface area (Å²) >= 11 is 0. The third kappa shape index (κ3) is 2.97. The fourth-order valence-electron chi connectivity index (χ4n) is 1.45. The first-order valence-corrected chi connectivity index (χ1v) is 6.72. The van der Waals surface area contributed by atoms with Crippen molar-refractivity contribution in [2.45, 2.75) is 0 Å². The number of hydrogen-bond acceptors (Lipinski definition) is 4. The van der Waals surface area contributed by atoms with E-state index in [-0.39, 0.29) is 0 Å². The summed E-state index contributed by atoms with van der Waals surface area (Å²) < 4.78 is 24.6. The fraction of sp³-hybridized carbons (Fsp3) is 0.100. The van der Waals surface area contributed by atoms with Crippen LogP contribution in [0.25, 0.3) is 11.3 Å². The monoisotopic (exact) mass is 252 g/mol. The van der Waals surface area contributed by atoms with E-state index < -0.39 is 10.0 Å². The average molecular weight is 252 g/mol. The summed E-state index contributed by atoms with van der Waals surface area (Å²) in [5, 5.41) is 6.57. The Kier molecular flexibility index (Phi) is 2.76. The predicted octanol–water partition coefficient (Wildman–Crippen LogP) is 1.03. The van der Waals surface area contributed by atoms with Gasteiger partial charge >= 0.3 is 0 Å². The molecule has 2 rings (SSSR count). The smallest absolute Gasteiger partial charge is 0.229 e. The summed E-state index contributed by atoms with van der Waals surface area (Å²) in [5.41, 5.74) is 7.54. The van der Waals surface area contributed by atoms with Crippen molar-refractivity contribution in [3.63, 3.8) is 0 Å². The lowest BCUT2D eigenvalue weighted by Gasteiger charge is -2.05. The van der Waals surface area contributed by atoms with Crippen LogP contribution in [0.2, 0.25) is 0 Å². The zero-order chi connectivity index (χ0) is 12.5. The van der Waals surface area contributed by atoms with E-state index in [1.165, 1.54) is 0 Å². The quantitative estimate of drug-likeness (QED) is 0.759. The number of nitrogen functional groups attached to an aromatic ring is 1. The molecule has 1 aromatic heterocycles. The van der Waals surface area contributed by atoms with Gasteiger partial charge in [-0.1, -0.05) is 12.1 Å². The fourth-order valence-corrected chi connectivity index (χ4v) is 2.00. The molecule has 0 aliphatic heterocycles. The van der Waals surface area contributed by atoms with Crippen molar-refractivity contribution in [2.24, 2.45) is 0 Å². The second kappa shape index (κ2) is 4.10. The maximum absolute atomic E-state index is 11.1. The number of nitrogens with one attached hydrogen (secondary N) is 2. The van der Waals surface area contributed by atoms with E-state index in [2.05, 4.69) is 14.9 Å². The molecule has 2 aromatic rings. The summed E-state index contributed by atoms with van der Waals surface area (Å²) in [6, 6.07) is 8.64. The number of H-pyrrole nitrogens is 1. The summed E-state index contributed by atoms with van der Waals surface area (Å²) in [6.07, 6.45) is 1.11. The van der Waals surface area contributed by atoms with E-state index in [1.54, 1.807) is 24.3 Å². The van der Waals surface area contributed by atoms with E-state index in [0.29, 0.717) is 11.5 Å². The molecular weight excluding hydrogens is 240 g/mol. The van der Waals surface area contributed by atoms with Gasteiger partial charge in [0.1, 0.15) is 5.82 Å². The summed E-state index contributed by atoms with van der Waals surface area (Å²) in [4.78, 5) is 0. The highest BCUT2D eigenvalue weighted by Crippen LogP contribution is 2.22. The first-order chi connectivity index (χ1) is 7.94. The lowest BCUT2D eigenvalue weighted by molar-refractivity contribution is 0.607. The molecule has 0 radical (unpaired) electrons. The zero-order valence-corrected chi connectivity index (χ0v) is 9.95. The normalized spacial score (nSPS) is 11.4. The van der Waals surface area contributed by atoms with Gasteiger partial charge in [-0.3, -0.25) is 9.82 Å². The maximum Gasteiger partial charge on any atom is 0.229 e. The number of aromatic amines is 1. The molecule has 0 bridgehead atoms. The summed E-state index contributed by atoms with van der Waals surface area (Å²) in [5.74, 6) is 0.390. The summed E-state index contributed by atoms with van der Waals surface area (Å²) in [6.45, 7) is 0. The van der Waals surface area contributed by atoms with Crippen LogP contribution < -0.4 is 10.5 Å². The topological polar surface area (TPSA) is 101 Å². The van der Waals surface area contributed by atoms with Crippen molar-refractivity contribution < 1.29 is 8.42 Å². The number of aromatic nitrogens is 2. The van der Waals surface area contributed by atoms with Crippen LogP contribution >= 0.6 is 0 Å². The average Bonchev–Trinajstić information content (AvgIpc) is 2.63. The number of anilines is 2. The summed E-state index contributed by atoms with van der Waals surface area (Å²) in [7, 11) is -3.27. The van der Waals surface area contributed by atoms with Gasteiger partial charge in [0.2, 0.25) is 10.0 Å². The molecule has 0 atom stereocenters. The number of nitrogens with two attached hydrogens (primary N) is 1. The van der Waals surface area contributed by atoms with Crippen LogP contribution in [0.3, 0.4) is 0 Å². The second-order valence-corrected chi connectivity index (χ2v) is 5.41. The Bertz CT molecular complexity index is 633. The Labute approximate surface area is 98.9 Å². The molecule has 17 heavy (non-hydrogen) atoms. The predicted molar refractivity (Wildman–Crippen MR) is 66.9 cm³/mol. The van der Waals surface area contributed by atoms with Gasteiger partial charge in [0.15, 0.2) is 0 Å². The molecule has 4 N–H and O–H groups in total. The molecule has 0 spiro atoms. The van der Waals surface area contributed by atoms with Crippen molar-refractivity contribution in [1.82, 2.24) is 10.2 Å². The lowest BCUT2D eigenvalue weighted by Crippen LogP contribution is -2.09. The molecule has 0 unspecified atom stereocenters. The molecule has 0 aliphatic rings. The number of nitrogens with zero attached hydrogens (tertiary/aromatic N) is 1. The van der Waals surface area contributed by atoms with E-state index in [1.807, 2.05) is 6.07 Å². The second-order valence-electron chi connectivity index (χ2n) is 3.66. The van der Waals surface area contributed by atoms with Gasteiger partial charge in [0.05, 0.1) is 11.9 Å². The van der Waals surface area contributed by atoms with Gasteiger partial charge in [0.25, 0.3) is 0 Å². The van der Waals surface area contributed by atoms with Crippen LogP contribution in [0.1, 0.15) is 0 Å². The molecule has 0 aliphatic carbocycles. The molecule has 0 saturated carbocycles. The van der Waals surface area contributed by atoms with Crippen LogP contribution in [-0.2, 0) is 10.0 Å². The third-order valence-electron chi connectivity index (χ3n) is 2.07. The molecule has 90 valence electrons. The largest absolute Gasteiger partial charge is 0.382 e. The minimum absolute atomic E-state index is 0.390. The molecule has 6 nitrogen and oxygen atoms in total. The van der Waals surface area contributed by atoms with E-state index in [9.17, 15) is 8.42 Å². The van der Waals surface area contributed by atoms with Gasteiger partial charge in [-0.15, -0.1) is 0 Å². The van der Waals surface area contributed by atoms with Gasteiger partial charge < -0.3 is 5.73 Å². The van der Waals surface area contributed by atoms with E-state index in [4.69, 9.17) is 5.73 Å². The Morgan fingerprint density at radius 1 is 1.35 bits per heavy atom. The number of sulfonamides is 1. The van der Waals surface area contributed by atoms with Gasteiger partial charge in [0, 0.05) is 17.3 Å². The van der Waals surface area contributed by atoms with Crippen LogP contribution in [0.5, 0.6) is 0 Å². The van der Waals surface area contributed by atoms with Gasteiger partial charge in [-0.05, 0) is 12.1 Å². The van der Waals surface area contributed by atoms with Gasteiger partial charge in [-0.25, -0.2) is 8.42 Å². The Morgan fingerprint density at radius 3 is 2.71 bits per heavy atom. The zero-order valence-electron chi connectivity index (χ0n) is 9.14. The first-order valence-electron chi connectivity index (χ1n) is 4.83. The van der Waals surface area contributed by atoms with E-state index >= 15 is 0 Å². The van der Waals surface area contributed by atoms with Crippen LogP contribution in [0.4, 0.5) is 11.5 Å². The van der Waals surface area contributed by atoms with Crippen LogP contribution in [0.15, 0.2) is 30.3 Å². The number of rotatable bonds is 3. The molecule has 7 heteroatoms. The maximum atomic E-state index is 11.1. The number of benzene rings is 1. The Hall–Kier alpha value is -2.02. The van der Waals surface area contributed by atoms with Crippen molar-refractivity contribution >= 4 is 21.5 Å². The molecule has 0 fully saturated rings. The standard InChI is InChI=1S/C10H12N4O2S/c1-17(15,16)14-8-4-2-3-7(5-8)9-6-10(11)13-12-9/h2-6,14H,1H3,(H3,11,12,13). The van der Waals surface area contributed by atoms with Crippen molar-refractivity contribution in [3.8, 4) is 11.3 Å². The van der Waals surface area contributed by atoms with Crippen molar-refractivity contribution in [2.75, 3.05) is 16.7 Å². The minimum Gasteiger partial charge on any atom is -0.382 e. The van der Waals surface area contributed by atoms with Crippen molar-refractivity contribution in [3.05, 3.63) is 30.3 Å². The molecule has 1 heterocycles. The molecular formula is C10H12N4O2S. The van der Waals surface area contributed by atoms with Crippen LogP contribution in [0, 0.1) is 0 Å². The Balaban J connectivity index is 2.35. The Morgan fingerprint density at radius 2 is 2.12 bits per heavy atom. The number of hydrogen-bond donors (Lipinski definition) is 3. The molecule has 0 amide bonds. The third-order valence-corrected chi connectivity index (χ3v) is 2.68. The van der Waals surface area contributed by atoms with E-state index in [0.717, 1.165) is 17.5 Å². The van der Waals surface area contributed by atoms with Crippen molar-refractivity contribution in [1.29, 1.82) is 0 Å². The minimum atomic E-state index is -3.27. The highest BCUT2D eigenvalue weighted by molar-refractivity contribution is 7.92. The van der Waals surface area contributed by atoms with Crippen LogP contribution in [-0.4, -0.2) is 24.9 Å².